The van der Waals surface area contributed by atoms with Crippen LogP contribution in [0.2, 0.25) is 5.02 Å². The lowest BCUT2D eigenvalue weighted by molar-refractivity contribution is 0.648. The van der Waals surface area contributed by atoms with Crippen molar-refractivity contribution in [1.29, 1.82) is 5.26 Å². The fourth-order valence-corrected chi connectivity index (χ4v) is 3.19. The molecule has 2 heterocycles. The molecule has 26 heavy (non-hydrogen) atoms. The molecule has 1 fully saturated rings. The number of hydrogen-bond acceptors (Lipinski definition) is 4. The van der Waals surface area contributed by atoms with E-state index in [1.165, 1.54) is 0 Å². The number of nitrogens with zero attached hydrogens (tertiary/aromatic N) is 4. The summed E-state index contributed by atoms with van der Waals surface area (Å²) in [5.41, 5.74) is 1.76. The molecule has 0 saturated carbocycles. The molecule has 7 heteroatoms. The van der Waals surface area contributed by atoms with Gasteiger partial charge in [0.2, 0.25) is 0 Å². The first-order chi connectivity index (χ1) is 12.7. The molecule has 6 nitrogen and oxygen atoms in total. The van der Waals surface area contributed by atoms with Gasteiger partial charge in [-0.15, -0.1) is 0 Å². The molecule has 134 valence electrons. The van der Waals surface area contributed by atoms with Gasteiger partial charge in [-0.25, -0.2) is 4.98 Å². The maximum atomic E-state index is 8.85. The number of benzene rings is 1. The third-order valence-corrected chi connectivity index (χ3v) is 4.63. The molecule has 1 aromatic heterocycles. The van der Waals surface area contributed by atoms with Gasteiger partial charge in [-0.3, -0.25) is 4.99 Å². The highest BCUT2D eigenvalue weighted by Gasteiger charge is 2.25. The zero-order valence-electron chi connectivity index (χ0n) is 14.6. The van der Waals surface area contributed by atoms with Crippen molar-refractivity contribution in [2.45, 2.75) is 19.0 Å². The Morgan fingerprint density at radius 3 is 2.88 bits per heavy atom. The number of nitriles is 1. The lowest BCUT2D eigenvalue weighted by Gasteiger charge is -2.20. The van der Waals surface area contributed by atoms with E-state index in [0.29, 0.717) is 17.1 Å². The summed E-state index contributed by atoms with van der Waals surface area (Å²) < 4.78 is 0. The van der Waals surface area contributed by atoms with Gasteiger partial charge in [0, 0.05) is 38.9 Å². The van der Waals surface area contributed by atoms with E-state index in [0.717, 1.165) is 36.9 Å². The van der Waals surface area contributed by atoms with Gasteiger partial charge in [-0.1, -0.05) is 23.7 Å². The molecular weight excluding hydrogens is 348 g/mol. The van der Waals surface area contributed by atoms with Crippen LogP contribution in [0.3, 0.4) is 0 Å². The molecule has 1 saturated heterocycles. The molecule has 1 unspecified atom stereocenters. The maximum absolute atomic E-state index is 8.85. The van der Waals surface area contributed by atoms with Crippen LogP contribution >= 0.6 is 11.6 Å². The number of hydrogen-bond donors (Lipinski definition) is 2. The number of anilines is 1. The van der Waals surface area contributed by atoms with Crippen LogP contribution in [-0.4, -0.2) is 37.1 Å². The Kier molecular flexibility index (Phi) is 5.92. The molecule has 1 aliphatic heterocycles. The van der Waals surface area contributed by atoms with Crippen LogP contribution in [0.5, 0.6) is 0 Å². The van der Waals surface area contributed by atoms with E-state index in [1.807, 2.05) is 36.4 Å². The topological polar surface area (TPSA) is 76.3 Å². The lowest BCUT2D eigenvalue weighted by Crippen LogP contribution is -2.44. The second kappa shape index (κ2) is 8.54. The van der Waals surface area contributed by atoms with Crippen LogP contribution in [0.25, 0.3) is 0 Å². The highest BCUT2D eigenvalue weighted by molar-refractivity contribution is 6.32. The van der Waals surface area contributed by atoms with Crippen molar-refractivity contribution in [3.05, 3.63) is 58.7 Å². The molecule has 2 N–H and O–H groups in total. The summed E-state index contributed by atoms with van der Waals surface area (Å²) in [4.78, 5) is 10.9. The number of aliphatic imine (C=N–C) groups is 1. The van der Waals surface area contributed by atoms with E-state index < -0.39 is 0 Å². The van der Waals surface area contributed by atoms with E-state index in [2.05, 4.69) is 31.6 Å². The summed E-state index contributed by atoms with van der Waals surface area (Å²) >= 11 is 6.24. The van der Waals surface area contributed by atoms with Gasteiger partial charge < -0.3 is 15.5 Å². The van der Waals surface area contributed by atoms with Gasteiger partial charge in [0.25, 0.3) is 0 Å². The lowest BCUT2D eigenvalue weighted by atomic mass is 10.1. The normalized spacial score (nSPS) is 17.0. The van der Waals surface area contributed by atoms with Crippen molar-refractivity contribution in [1.82, 2.24) is 15.6 Å². The van der Waals surface area contributed by atoms with Crippen molar-refractivity contribution < 1.29 is 0 Å². The third-order valence-electron chi connectivity index (χ3n) is 4.33. The quantitative estimate of drug-likeness (QED) is 0.640. The first kappa shape index (κ1) is 18.0. The zero-order valence-corrected chi connectivity index (χ0v) is 15.4. The first-order valence-electron chi connectivity index (χ1n) is 8.51. The molecule has 1 aliphatic rings. The van der Waals surface area contributed by atoms with Crippen molar-refractivity contribution in [2.75, 3.05) is 25.0 Å². The highest BCUT2D eigenvalue weighted by atomic mass is 35.5. The molecule has 0 aliphatic carbocycles. The SMILES string of the molecule is CN=C(NCc1ccc(C#N)cc1)NC1CCN(c2ncccc2Cl)C1. The molecule has 0 bridgehead atoms. The van der Waals surface area contributed by atoms with Crippen molar-refractivity contribution in [2.24, 2.45) is 4.99 Å². The van der Waals surface area contributed by atoms with Crippen LogP contribution in [0, 0.1) is 11.3 Å². The Morgan fingerprint density at radius 1 is 1.38 bits per heavy atom. The number of halogens is 1. The maximum Gasteiger partial charge on any atom is 0.191 e. The molecule has 0 amide bonds. The van der Waals surface area contributed by atoms with E-state index in [-0.39, 0.29) is 6.04 Å². The molecule has 2 aromatic rings. The Bertz CT molecular complexity index is 812. The van der Waals surface area contributed by atoms with Gasteiger partial charge in [0.05, 0.1) is 16.7 Å². The second-order valence-electron chi connectivity index (χ2n) is 6.12. The first-order valence-corrected chi connectivity index (χ1v) is 8.89. The standard InChI is InChI=1S/C19H21ClN6/c1-22-19(24-12-15-6-4-14(11-21)5-7-15)25-16-8-10-26(13-16)18-17(20)3-2-9-23-18/h2-7,9,16H,8,10,12-13H2,1H3,(H2,22,24,25). The Labute approximate surface area is 158 Å². The van der Waals surface area contributed by atoms with Crippen LogP contribution in [-0.2, 0) is 6.54 Å². The molecule has 0 radical (unpaired) electrons. The van der Waals surface area contributed by atoms with E-state index in [4.69, 9.17) is 16.9 Å². The second-order valence-corrected chi connectivity index (χ2v) is 6.53. The Balaban J connectivity index is 1.52. The van der Waals surface area contributed by atoms with Crippen molar-refractivity contribution >= 4 is 23.4 Å². The molecule has 1 aromatic carbocycles. The number of aromatic nitrogens is 1. The van der Waals surface area contributed by atoms with Gasteiger partial charge in [-0.05, 0) is 36.2 Å². The average Bonchev–Trinajstić information content (AvgIpc) is 3.14. The summed E-state index contributed by atoms with van der Waals surface area (Å²) in [6.07, 6.45) is 2.75. The van der Waals surface area contributed by atoms with Crippen LogP contribution < -0.4 is 15.5 Å². The predicted octanol–water partition coefficient (Wildman–Crippen LogP) is 2.55. The van der Waals surface area contributed by atoms with Gasteiger partial charge in [0.1, 0.15) is 5.82 Å². The number of rotatable bonds is 4. The average molecular weight is 369 g/mol. The fraction of sp³-hybridized carbons (Fsp3) is 0.316. The highest BCUT2D eigenvalue weighted by Crippen LogP contribution is 2.25. The molecule has 1 atom stereocenters. The Hall–Kier alpha value is -2.78. The van der Waals surface area contributed by atoms with Gasteiger partial charge in [0.15, 0.2) is 5.96 Å². The summed E-state index contributed by atoms with van der Waals surface area (Å²) in [5, 5.41) is 16.3. The monoisotopic (exact) mass is 368 g/mol. The minimum atomic E-state index is 0.278. The van der Waals surface area contributed by atoms with E-state index in [9.17, 15) is 0 Å². The van der Waals surface area contributed by atoms with Crippen molar-refractivity contribution in [3.63, 3.8) is 0 Å². The fourth-order valence-electron chi connectivity index (χ4n) is 2.95. The summed E-state index contributed by atoms with van der Waals surface area (Å²) in [6, 6.07) is 13.6. The Morgan fingerprint density at radius 2 is 2.19 bits per heavy atom. The molecule has 3 rings (SSSR count). The zero-order chi connectivity index (χ0) is 18.4. The van der Waals surface area contributed by atoms with E-state index >= 15 is 0 Å². The molecular formula is C19H21ClN6. The predicted molar refractivity (Wildman–Crippen MR) is 104 cm³/mol. The number of nitrogens with one attached hydrogen (secondary N) is 2. The van der Waals surface area contributed by atoms with Crippen molar-refractivity contribution in [3.8, 4) is 6.07 Å². The van der Waals surface area contributed by atoms with Crippen LogP contribution in [0.4, 0.5) is 5.82 Å². The van der Waals surface area contributed by atoms with Gasteiger partial charge in [-0.2, -0.15) is 5.26 Å². The minimum Gasteiger partial charge on any atom is -0.353 e. The van der Waals surface area contributed by atoms with E-state index in [1.54, 1.807) is 13.2 Å². The minimum absolute atomic E-state index is 0.278. The number of guanidine groups is 1. The third kappa shape index (κ3) is 4.44. The summed E-state index contributed by atoms with van der Waals surface area (Å²) in [7, 11) is 1.76. The van der Waals surface area contributed by atoms with Crippen LogP contribution in [0.15, 0.2) is 47.6 Å². The number of pyridine rings is 1. The summed E-state index contributed by atoms with van der Waals surface area (Å²) in [5.74, 6) is 1.59. The smallest absolute Gasteiger partial charge is 0.191 e. The largest absolute Gasteiger partial charge is 0.353 e. The van der Waals surface area contributed by atoms with Crippen LogP contribution in [0.1, 0.15) is 17.5 Å². The summed E-state index contributed by atoms with van der Waals surface area (Å²) in [6.45, 7) is 2.38. The molecule has 0 spiro atoms. The van der Waals surface area contributed by atoms with Gasteiger partial charge >= 0.3 is 0 Å².